The summed E-state index contributed by atoms with van der Waals surface area (Å²) in [6, 6.07) is 4.27. The van der Waals surface area contributed by atoms with Gasteiger partial charge in [-0.25, -0.2) is 13.4 Å². The molecule has 3 aliphatic rings. The molecule has 2 aromatic heterocycles. The first kappa shape index (κ1) is 26.4. The molecule has 2 bridgehead atoms. The first-order valence-corrected chi connectivity index (χ1v) is 15.2. The van der Waals surface area contributed by atoms with Crippen LogP contribution in [0.3, 0.4) is 0 Å². The maximum atomic E-state index is 12.9. The summed E-state index contributed by atoms with van der Waals surface area (Å²) in [5.41, 5.74) is 1.79. The maximum absolute atomic E-state index is 12.9. The van der Waals surface area contributed by atoms with Crippen LogP contribution in [0, 0.1) is 6.92 Å². The van der Waals surface area contributed by atoms with Crippen molar-refractivity contribution in [2.24, 2.45) is 0 Å². The minimum Gasteiger partial charge on any atom is -0.376 e. The monoisotopic (exact) mass is 531 g/mol. The van der Waals surface area contributed by atoms with Gasteiger partial charge in [-0.05, 0) is 66.2 Å². The summed E-state index contributed by atoms with van der Waals surface area (Å²) in [5, 5.41) is 10.7. The van der Waals surface area contributed by atoms with E-state index in [1.807, 2.05) is 23.4 Å². The van der Waals surface area contributed by atoms with Crippen LogP contribution in [0.25, 0.3) is 0 Å². The number of hydrogen-bond acceptors (Lipinski definition) is 8. The number of hydrogen-bond donors (Lipinski definition) is 2. The summed E-state index contributed by atoms with van der Waals surface area (Å²) in [4.78, 5) is 12.2. The first-order valence-electron chi connectivity index (χ1n) is 13.6. The van der Waals surface area contributed by atoms with Gasteiger partial charge in [-0.15, -0.1) is 0 Å². The first-order chi connectivity index (χ1) is 17.5. The molecule has 4 atom stereocenters. The van der Waals surface area contributed by atoms with Crippen molar-refractivity contribution in [1.82, 2.24) is 24.5 Å². The zero-order valence-corrected chi connectivity index (χ0v) is 23.5. The highest BCUT2D eigenvalue weighted by Gasteiger charge is 2.45. The van der Waals surface area contributed by atoms with Crippen LogP contribution in [0.1, 0.15) is 83.0 Å². The van der Waals surface area contributed by atoms with E-state index in [-0.39, 0.29) is 35.4 Å². The molecule has 3 aliphatic heterocycles. The molecular formula is C26H41N7O3S. The number of nitrogens with one attached hydrogen (secondary N) is 2. The number of fused-ring (bicyclic) bond motifs is 2. The van der Waals surface area contributed by atoms with Crippen LogP contribution in [0.4, 0.5) is 17.6 Å². The summed E-state index contributed by atoms with van der Waals surface area (Å²) in [5.74, 6) is 2.54. The fourth-order valence-corrected chi connectivity index (χ4v) is 7.96. The zero-order chi connectivity index (χ0) is 26.4. The van der Waals surface area contributed by atoms with Gasteiger partial charge in [0.05, 0.1) is 17.0 Å². The number of H-pyrrole nitrogens is 1. The van der Waals surface area contributed by atoms with E-state index in [1.165, 1.54) is 0 Å². The van der Waals surface area contributed by atoms with Crippen molar-refractivity contribution >= 4 is 27.6 Å². The van der Waals surface area contributed by atoms with Crippen LogP contribution in [-0.4, -0.2) is 76.0 Å². The van der Waals surface area contributed by atoms with E-state index in [0.29, 0.717) is 18.4 Å². The number of piperidine rings is 2. The van der Waals surface area contributed by atoms with Gasteiger partial charge < -0.3 is 15.0 Å². The molecule has 204 valence electrons. The third-order valence-corrected chi connectivity index (χ3v) is 10.2. The van der Waals surface area contributed by atoms with Gasteiger partial charge in [0.15, 0.2) is 5.82 Å². The summed E-state index contributed by atoms with van der Waals surface area (Å²) >= 11 is 0. The lowest BCUT2D eigenvalue weighted by Crippen LogP contribution is -2.58. The average Bonchev–Trinajstić information content (AvgIpc) is 3.26. The Morgan fingerprint density at radius 1 is 1.16 bits per heavy atom. The predicted octanol–water partition coefficient (Wildman–Crippen LogP) is 4.10. The molecule has 2 N–H and O–H groups in total. The highest BCUT2D eigenvalue weighted by atomic mass is 32.2. The second-order valence-corrected chi connectivity index (χ2v) is 13.7. The normalized spacial score (nSPS) is 28.1. The molecule has 0 aliphatic carbocycles. The van der Waals surface area contributed by atoms with Crippen LogP contribution in [0.15, 0.2) is 12.1 Å². The van der Waals surface area contributed by atoms with Crippen LogP contribution < -0.4 is 10.2 Å². The summed E-state index contributed by atoms with van der Waals surface area (Å²) in [7, 11) is -1.16. The number of anilines is 3. The van der Waals surface area contributed by atoms with Gasteiger partial charge in [0, 0.05) is 55.5 Å². The summed E-state index contributed by atoms with van der Waals surface area (Å²) in [6.07, 6.45) is 6.33. The van der Waals surface area contributed by atoms with E-state index in [0.717, 1.165) is 62.2 Å². The maximum Gasteiger partial charge on any atom is 0.227 e. The number of rotatable bonds is 7. The number of sulfonamides is 1. The van der Waals surface area contributed by atoms with Crippen molar-refractivity contribution < 1.29 is 13.2 Å². The van der Waals surface area contributed by atoms with Crippen molar-refractivity contribution in [3.8, 4) is 0 Å². The molecule has 0 amide bonds. The third-order valence-electron chi connectivity index (χ3n) is 8.24. The Balaban J connectivity index is 1.44. The largest absolute Gasteiger partial charge is 0.376 e. The van der Waals surface area contributed by atoms with Crippen LogP contribution in [0.2, 0.25) is 0 Å². The molecule has 0 saturated carbocycles. The Kier molecular flexibility index (Phi) is 7.23. The minimum atomic E-state index is -3.21. The molecular weight excluding hydrogens is 490 g/mol. The quantitative estimate of drug-likeness (QED) is 0.549. The molecule has 3 saturated heterocycles. The number of aromatic nitrogens is 4. The lowest BCUT2D eigenvalue weighted by atomic mass is 9.83. The Labute approximate surface area is 220 Å². The summed E-state index contributed by atoms with van der Waals surface area (Å²) in [6.45, 7) is 8.69. The summed E-state index contributed by atoms with van der Waals surface area (Å²) < 4.78 is 33.5. The Morgan fingerprint density at radius 3 is 2.51 bits per heavy atom. The second-order valence-electron chi connectivity index (χ2n) is 11.5. The van der Waals surface area contributed by atoms with Crippen molar-refractivity contribution in [2.75, 3.05) is 29.6 Å². The van der Waals surface area contributed by atoms with Gasteiger partial charge >= 0.3 is 0 Å². The number of aryl methyl sites for hydroxylation is 1. The third kappa shape index (κ3) is 5.63. The fraction of sp³-hybridized carbons (Fsp3) is 0.731. The van der Waals surface area contributed by atoms with Crippen molar-refractivity contribution in [2.45, 2.75) is 102 Å². The van der Waals surface area contributed by atoms with E-state index < -0.39 is 10.0 Å². The topological polar surface area (TPSA) is 116 Å². The molecule has 5 rings (SSSR count). The molecule has 37 heavy (non-hydrogen) atoms. The van der Waals surface area contributed by atoms with Gasteiger partial charge in [0.25, 0.3) is 0 Å². The fourth-order valence-electron chi connectivity index (χ4n) is 6.37. The zero-order valence-electron chi connectivity index (χ0n) is 22.7. The Hall–Kier alpha value is -2.24. The molecule has 0 spiro atoms. The van der Waals surface area contributed by atoms with E-state index in [9.17, 15) is 8.42 Å². The number of nitrogens with zero attached hydrogens (tertiary/aromatic N) is 5. The van der Waals surface area contributed by atoms with Crippen molar-refractivity contribution in [3.05, 3.63) is 23.5 Å². The van der Waals surface area contributed by atoms with E-state index in [2.05, 4.69) is 41.3 Å². The highest BCUT2D eigenvalue weighted by Crippen LogP contribution is 2.40. The second kappa shape index (κ2) is 10.1. The smallest absolute Gasteiger partial charge is 0.227 e. The Morgan fingerprint density at radius 2 is 1.89 bits per heavy atom. The molecule has 0 radical (unpaired) electrons. The number of aromatic amines is 1. The molecule has 10 nitrogen and oxygen atoms in total. The minimum absolute atomic E-state index is 0.0500. The standard InChI is InChI=1S/C26H41N7O3S/c1-6-37(34,35)33-19-8-7-9-20(33)14-21(13-19)32(5)25-27-22(18-10-11-36-26(3,4)16-18)15-23(29-25)28-24-12-17(2)30-31-24/h12,15,18-21H,6-11,13-14,16H2,1-5H3,(H2,27,28,29,30,31)/t18?,19-,20+,21+. The van der Waals surface area contributed by atoms with Gasteiger partial charge in [-0.3, -0.25) is 5.10 Å². The van der Waals surface area contributed by atoms with E-state index in [1.54, 1.807) is 6.92 Å². The lowest BCUT2D eigenvalue weighted by molar-refractivity contribution is -0.0597. The van der Waals surface area contributed by atoms with Crippen LogP contribution >= 0.6 is 0 Å². The van der Waals surface area contributed by atoms with E-state index in [4.69, 9.17) is 14.7 Å². The molecule has 0 aromatic carbocycles. The highest BCUT2D eigenvalue weighted by molar-refractivity contribution is 7.89. The predicted molar refractivity (Wildman–Crippen MR) is 145 cm³/mol. The number of ether oxygens (including phenoxy) is 1. The van der Waals surface area contributed by atoms with E-state index >= 15 is 0 Å². The SMILES string of the molecule is CCS(=O)(=O)N1[C@@H]2CCC[C@H]1C[C@@H](N(C)c1nc(Nc3cc(C)[nH]n3)cc(C3CCOC(C)(C)C3)n1)C2. The molecule has 5 heterocycles. The lowest BCUT2D eigenvalue weighted by Gasteiger charge is -2.49. The average molecular weight is 532 g/mol. The van der Waals surface area contributed by atoms with Gasteiger partial charge in [0.1, 0.15) is 5.82 Å². The molecule has 11 heteroatoms. The van der Waals surface area contributed by atoms with Crippen LogP contribution in [0.5, 0.6) is 0 Å². The van der Waals surface area contributed by atoms with Crippen LogP contribution in [-0.2, 0) is 14.8 Å². The van der Waals surface area contributed by atoms with Crippen molar-refractivity contribution in [1.29, 1.82) is 0 Å². The van der Waals surface area contributed by atoms with Gasteiger partial charge in [0.2, 0.25) is 16.0 Å². The Bertz CT molecular complexity index is 1200. The molecule has 2 aromatic rings. The molecule has 1 unspecified atom stereocenters. The van der Waals surface area contributed by atoms with Crippen molar-refractivity contribution in [3.63, 3.8) is 0 Å². The molecule has 3 fully saturated rings. The van der Waals surface area contributed by atoms with Gasteiger partial charge in [-0.2, -0.15) is 14.4 Å². The van der Waals surface area contributed by atoms with Gasteiger partial charge in [-0.1, -0.05) is 6.42 Å².